The summed E-state index contributed by atoms with van der Waals surface area (Å²) in [4.78, 5) is 0. The number of ether oxygens (including phenoxy) is 1. The summed E-state index contributed by atoms with van der Waals surface area (Å²) in [6.07, 6.45) is 5.79. The van der Waals surface area contributed by atoms with E-state index in [1.165, 1.54) is 0 Å². The molecule has 0 aromatic carbocycles. The van der Waals surface area contributed by atoms with Crippen molar-refractivity contribution in [1.29, 1.82) is 0 Å². The number of aliphatic hydroxyl groups excluding tert-OH is 2. The highest BCUT2D eigenvalue weighted by atomic mass is 16.6. The lowest BCUT2D eigenvalue weighted by Gasteiger charge is -2.66. The number of hydrogen-bond acceptors (Lipinski definition) is 6. The molecule has 202 valence electrons. The molecule has 6 heteroatoms. The van der Waals surface area contributed by atoms with E-state index in [-0.39, 0.29) is 42.6 Å². The number of hydrogen-bond donors (Lipinski definition) is 5. The molecule has 5 rings (SSSR count). The van der Waals surface area contributed by atoms with Gasteiger partial charge in [0.2, 0.25) is 0 Å². The Balaban J connectivity index is 1.38. The first-order valence-electron chi connectivity index (χ1n) is 14.4. The molecule has 0 aromatic rings. The SMILES string of the molecule is CC(C)[C@@H]1CC(O)OC([C@@H](C)[C@H]2CC[C@H]3[C@@H]4C(O)CC5(O)CC(O)(O)CC[C@]5(C)[C@H]4CC[C@]23C)C1. The highest BCUT2D eigenvalue weighted by Crippen LogP contribution is 2.69. The van der Waals surface area contributed by atoms with Gasteiger partial charge in [0.1, 0.15) is 0 Å². The van der Waals surface area contributed by atoms with E-state index in [1.807, 2.05) is 0 Å². The fourth-order valence-corrected chi connectivity index (χ4v) is 10.3. The fraction of sp³-hybridized carbons (Fsp3) is 1.00. The van der Waals surface area contributed by atoms with Gasteiger partial charge in [-0.1, -0.05) is 34.6 Å². The molecule has 0 aromatic heterocycles. The monoisotopic (exact) mass is 494 g/mol. The second-order valence-corrected chi connectivity index (χ2v) is 14.4. The van der Waals surface area contributed by atoms with E-state index in [0.717, 1.165) is 38.5 Å². The molecule has 1 aliphatic heterocycles. The van der Waals surface area contributed by atoms with Crippen LogP contribution in [0.2, 0.25) is 0 Å². The first-order chi connectivity index (χ1) is 16.2. The van der Waals surface area contributed by atoms with Gasteiger partial charge in [0, 0.05) is 25.7 Å². The van der Waals surface area contributed by atoms with Crippen molar-refractivity contribution in [3.8, 4) is 0 Å². The molecular formula is C29H50O6. The summed E-state index contributed by atoms with van der Waals surface area (Å²) >= 11 is 0. The maximum atomic E-state index is 11.7. The predicted molar refractivity (Wildman–Crippen MR) is 133 cm³/mol. The van der Waals surface area contributed by atoms with Gasteiger partial charge in [0.05, 0.1) is 17.8 Å². The summed E-state index contributed by atoms with van der Waals surface area (Å²) in [6, 6.07) is 0. The smallest absolute Gasteiger partial charge is 0.165 e. The van der Waals surface area contributed by atoms with Gasteiger partial charge in [-0.2, -0.15) is 0 Å². The van der Waals surface area contributed by atoms with Crippen molar-refractivity contribution in [1.82, 2.24) is 0 Å². The van der Waals surface area contributed by atoms with Crippen LogP contribution in [0, 0.1) is 52.3 Å². The Bertz CT molecular complexity index is 800. The topological polar surface area (TPSA) is 110 Å². The van der Waals surface area contributed by atoms with E-state index in [2.05, 4.69) is 34.6 Å². The van der Waals surface area contributed by atoms with Gasteiger partial charge in [0.25, 0.3) is 0 Å². The van der Waals surface area contributed by atoms with Crippen molar-refractivity contribution >= 4 is 0 Å². The van der Waals surface area contributed by atoms with Gasteiger partial charge in [-0.3, -0.25) is 0 Å². The van der Waals surface area contributed by atoms with Crippen LogP contribution in [-0.2, 0) is 4.74 Å². The van der Waals surface area contributed by atoms with Crippen molar-refractivity contribution in [2.24, 2.45) is 52.3 Å². The minimum absolute atomic E-state index is 0.0727. The van der Waals surface area contributed by atoms with E-state index >= 15 is 0 Å². The van der Waals surface area contributed by atoms with E-state index in [9.17, 15) is 25.5 Å². The first kappa shape index (κ1) is 26.4. The van der Waals surface area contributed by atoms with Crippen molar-refractivity contribution in [3.63, 3.8) is 0 Å². The molecule has 1 saturated heterocycles. The molecule has 0 bridgehead atoms. The summed E-state index contributed by atoms with van der Waals surface area (Å²) in [5.74, 6) is 0.748. The third kappa shape index (κ3) is 4.04. The number of rotatable bonds is 3. The Hall–Kier alpha value is -0.240. The molecular weight excluding hydrogens is 444 g/mol. The minimum Gasteiger partial charge on any atom is -0.393 e. The van der Waals surface area contributed by atoms with Gasteiger partial charge >= 0.3 is 0 Å². The van der Waals surface area contributed by atoms with Gasteiger partial charge in [-0.15, -0.1) is 0 Å². The maximum absolute atomic E-state index is 11.7. The Morgan fingerprint density at radius 3 is 2.26 bits per heavy atom. The molecule has 6 nitrogen and oxygen atoms in total. The van der Waals surface area contributed by atoms with E-state index in [4.69, 9.17) is 4.74 Å². The summed E-state index contributed by atoms with van der Waals surface area (Å²) in [6.45, 7) is 11.4. The average molecular weight is 495 g/mol. The summed E-state index contributed by atoms with van der Waals surface area (Å²) in [5.41, 5.74) is -1.54. The molecule has 4 aliphatic carbocycles. The largest absolute Gasteiger partial charge is 0.393 e. The highest BCUT2D eigenvalue weighted by Gasteiger charge is 2.68. The Morgan fingerprint density at radius 1 is 0.857 bits per heavy atom. The molecule has 35 heavy (non-hydrogen) atoms. The van der Waals surface area contributed by atoms with Crippen molar-refractivity contribution < 1.29 is 30.3 Å². The maximum Gasteiger partial charge on any atom is 0.165 e. The van der Waals surface area contributed by atoms with Crippen molar-refractivity contribution in [2.75, 3.05) is 0 Å². The zero-order valence-electron chi connectivity index (χ0n) is 22.5. The quantitative estimate of drug-likeness (QED) is 0.382. The summed E-state index contributed by atoms with van der Waals surface area (Å²) in [7, 11) is 0. The molecule has 4 saturated carbocycles. The van der Waals surface area contributed by atoms with Crippen LogP contribution >= 0.6 is 0 Å². The Morgan fingerprint density at radius 2 is 1.57 bits per heavy atom. The van der Waals surface area contributed by atoms with Gasteiger partial charge in [-0.05, 0) is 90.8 Å². The molecule has 5 aliphatic rings. The van der Waals surface area contributed by atoms with Crippen LogP contribution in [0.15, 0.2) is 0 Å². The van der Waals surface area contributed by atoms with Crippen LogP contribution in [0.4, 0.5) is 0 Å². The highest BCUT2D eigenvalue weighted by molar-refractivity contribution is 5.17. The van der Waals surface area contributed by atoms with E-state index < -0.39 is 29.2 Å². The van der Waals surface area contributed by atoms with Crippen molar-refractivity contribution in [2.45, 2.75) is 129 Å². The normalized spacial score (nSPS) is 54.6. The van der Waals surface area contributed by atoms with Gasteiger partial charge in [-0.25, -0.2) is 0 Å². The van der Waals surface area contributed by atoms with Crippen LogP contribution in [-0.4, -0.2) is 55.4 Å². The molecule has 12 atom stereocenters. The lowest BCUT2D eigenvalue weighted by atomic mass is 9.42. The average Bonchev–Trinajstić information content (AvgIpc) is 3.10. The van der Waals surface area contributed by atoms with Crippen LogP contribution in [0.3, 0.4) is 0 Å². The Kier molecular flexibility index (Phi) is 6.51. The molecule has 5 N–H and O–H groups in total. The Labute approximate surface area is 211 Å². The molecule has 0 amide bonds. The third-order valence-corrected chi connectivity index (χ3v) is 12.4. The van der Waals surface area contributed by atoms with Gasteiger partial charge in [0.15, 0.2) is 12.1 Å². The summed E-state index contributed by atoms with van der Waals surface area (Å²) < 4.78 is 6.14. The molecule has 1 heterocycles. The van der Waals surface area contributed by atoms with Crippen LogP contribution in [0.5, 0.6) is 0 Å². The van der Waals surface area contributed by atoms with Crippen molar-refractivity contribution in [3.05, 3.63) is 0 Å². The fourth-order valence-electron chi connectivity index (χ4n) is 10.3. The second-order valence-electron chi connectivity index (χ2n) is 14.4. The first-order valence-corrected chi connectivity index (χ1v) is 14.4. The zero-order chi connectivity index (χ0) is 25.6. The molecule has 0 spiro atoms. The zero-order valence-corrected chi connectivity index (χ0v) is 22.5. The number of fused-ring (bicyclic) bond motifs is 5. The number of aliphatic hydroxyl groups is 5. The van der Waals surface area contributed by atoms with E-state index in [0.29, 0.717) is 36.0 Å². The predicted octanol–water partition coefficient (Wildman–Crippen LogP) is 3.82. The molecule has 4 unspecified atom stereocenters. The van der Waals surface area contributed by atoms with E-state index in [1.54, 1.807) is 0 Å². The lowest BCUT2D eigenvalue weighted by molar-refractivity contribution is -0.302. The second kappa shape index (κ2) is 8.64. The van der Waals surface area contributed by atoms with Crippen LogP contribution in [0.25, 0.3) is 0 Å². The molecule has 5 fully saturated rings. The van der Waals surface area contributed by atoms with Crippen LogP contribution < -0.4 is 0 Å². The van der Waals surface area contributed by atoms with Gasteiger partial charge < -0.3 is 30.3 Å². The minimum atomic E-state index is -1.85. The lowest BCUT2D eigenvalue weighted by Crippen LogP contribution is -2.68. The third-order valence-electron chi connectivity index (χ3n) is 12.4. The standard InChI is InChI=1S/C29H50O6/c1-16(2)18-12-23(35-24(31)13-18)17(3)19-6-7-20-25-21(8-9-26(19,20)4)27(5)10-11-29(33,34)15-28(27,32)14-22(25)30/h16-25,30-34H,6-15H2,1-5H3/t17-,18-,19+,20-,21-,22?,23?,24?,25-,26+,27+,28?/m0/s1. The molecule has 0 radical (unpaired) electrons. The van der Waals surface area contributed by atoms with Crippen LogP contribution in [0.1, 0.15) is 98.8 Å². The summed E-state index contributed by atoms with van der Waals surface area (Å²) in [5, 5.41) is 54.3.